The average molecular weight is 287 g/mol. The minimum Gasteiger partial charge on any atom is -0.381 e. The predicted octanol–water partition coefficient (Wildman–Crippen LogP) is 3.58. The molecule has 1 aliphatic rings. The van der Waals surface area contributed by atoms with Gasteiger partial charge in [0, 0.05) is 34.8 Å². The molecule has 2 rings (SSSR count). The Bertz CT molecular complexity index is 416. The van der Waals surface area contributed by atoms with Crippen LogP contribution in [0.3, 0.4) is 0 Å². The number of halogens is 1. The topological polar surface area (TPSA) is 26.3 Å². The summed E-state index contributed by atoms with van der Waals surface area (Å²) in [6.07, 6.45) is 2.07. The number of hydrogen-bond acceptors (Lipinski definition) is 2. The fourth-order valence-corrected chi connectivity index (χ4v) is 3.94. The summed E-state index contributed by atoms with van der Waals surface area (Å²) in [6, 6.07) is 7.67. The molecule has 100 valence electrons. The van der Waals surface area contributed by atoms with Crippen LogP contribution in [0.5, 0.6) is 0 Å². The zero-order valence-electron chi connectivity index (χ0n) is 10.6. The lowest BCUT2D eigenvalue weighted by Gasteiger charge is -2.23. The van der Waals surface area contributed by atoms with Crippen LogP contribution >= 0.6 is 11.6 Å². The van der Waals surface area contributed by atoms with Crippen LogP contribution < -0.4 is 0 Å². The van der Waals surface area contributed by atoms with E-state index in [0.29, 0.717) is 10.9 Å². The van der Waals surface area contributed by atoms with Crippen molar-refractivity contribution in [2.75, 3.05) is 19.0 Å². The Balaban J connectivity index is 1.95. The van der Waals surface area contributed by atoms with E-state index in [0.717, 1.165) is 37.4 Å². The summed E-state index contributed by atoms with van der Waals surface area (Å²) in [5, 5.41) is 0.758. The van der Waals surface area contributed by atoms with Crippen molar-refractivity contribution in [3.63, 3.8) is 0 Å². The highest BCUT2D eigenvalue weighted by Crippen LogP contribution is 2.25. The molecule has 1 fully saturated rings. The Hall–Kier alpha value is -0.380. The number of rotatable bonds is 4. The molecule has 1 saturated heterocycles. The molecule has 4 heteroatoms. The maximum Gasteiger partial charge on any atom is 0.0569 e. The molecule has 0 radical (unpaired) electrons. The van der Waals surface area contributed by atoms with Crippen LogP contribution in [-0.2, 0) is 15.5 Å². The average Bonchev–Trinajstić information content (AvgIpc) is 2.39. The minimum absolute atomic E-state index is 0.0477. The molecule has 1 heterocycles. The van der Waals surface area contributed by atoms with Crippen molar-refractivity contribution in [3.8, 4) is 0 Å². The molecule has 0 saturated carbocycles. The SMILES string of the molecule is C[C@@H](c1cccc(Cl)c1)[S@](=O)CC1CCOCC1. The second kappa shape index (κ2) is 6.69. The maximum absolute atomic E-state index is 12.4. The van der Waals surface area contributed by atoms with Gasteiger partial charge in [0.2, 0.25) is 0 Å². The third-order valence-corrected chi connectivity index (χ3v) is 5.55. The van der Waals surface area contributed by atoms with Gasteiger partial charge in [0.1, 0.15) is 0 Å². The zero-order chi connectivity index (χ0) is 13.0. The quantitative estimate of drug-likeness (QED) is 0.846. The largest absolute Gasteiger partial charge is 0.381 e. The van der Waals surface area contributed by atoms with Gasteiger partial charge in [0.15, 0.2) is 0 Å². The Labute approximate surface area is 116 Å². The number of benzene rings is 1. The van der Waals surface area contributed by atoms with E-state index in [9.17, 15) is 4.21 Å². The van der Waals surface area contributed by atoms with E-state index in [1.165, 1.54) is 0 Å². The van der Waals surface area contributed by atoms with Gasteiger partial charge in [-0.3, -0.25) is 4.21 Å². The van der Waals surface area contributed by atoms with Gasteiger partial charge in [-0.05, 0) is 43.4 Å². The van der Waals surface area contributed by atoms with Crippen molar-refractivity contribution in [1.29, 1.82) is 0 Å². The van der Waals surface area contributed by atoms with Crippen molar-refractivity contribution in [1.82, 2.24) is 0 Å². The molecule has 0 amide bonds. The van der Waals surface area contributed by atoms with Crippen molar-refractivity contribution in [2.45, 2.75) is 25.0 Å². The Morgan fingerprint density at radius 1 is 1.44 bits per heavy atom. The van der Waals surface area contributed by atoms with Gasteiger partial charge in [0.25, 0.3) is 0 Å². The highest BCUT2D eigenvalue weighted by atomic mass is 35.5. The monoisotopic (exact) mass is 286 g/mol. The van der Waals surface area contributed by atoms with Gasteiger partial charge in [-0.25, -0.2) is 0 Å². The van der Waals surface area contributed by atoms with Crippen LogP contribution in [0.15, 0.2) is 24.3 Å². The van der Waals surface area contributed by atoms with E-state index in [4.69, 9.17) is 16.3 Å². The maximum atomic E-state index is 12.4. The normalized spacial score (nSPS) is 20.6. The van der Waals surface area contributed by atoms with Gasteiger partial charge < -0.3 is 4.74 Å². The summed E-state index contributed by atoms with van der Waals surface area (Å²) in [7, 11) is -0.836. The van der Waals surface area contributed by atoms with E-state index in [-0.39, 0.29) is 5.25 Å². The van der Waals surface area contributed by atoms with Crippen LogP contribution in [0, 0.1) is 5.92 Å². The highest BCUT2D eigenvalue weighted by molar-refractivity contribution is 7.85. The molecule has 0 N–H and O–H groups in total. The van der Waals surface area contributed by atoms with Crippen LogP contribution in [0.4, 0.5) is 0 Å². The lowest BCUT2D eigenvalue weighted by atomic mass is 10.0. The first-order chi connectivity index (χ1) is 8.66. The van der Waals surface area contributed by atoms with Gasteiger partial charge in [0.05, 0.1) is 5.25 Å². The first-order valence-corrected chi connectivity index (χ1v) is 8.13. The van der Waals surface area contributed by atoms with Gasteiger partial charge in [-0.15, -0.1) is 0 Å². The second-order valence-corrected chi connectivity index (χ2v) is 7.04. The van der Waals surface area contributed by atoms with E-state index >= 15 is 0 Å². The molecule has 0 unspecified atom stereocenters. The number of ether oxygens (including phenoxy) is 1. The summed E-state index contributed by atoms with van der Waals surface area (Å²) in [6.45, 7) is 3.64. The third-order valence-electron chi connectivity index (χ3n) is 3.45. The smallest absolute Gasteiger partial charge is 0.0569 e. The van der Waals surface area contributed by atoms with E-state index < -0.39 is 10.8 Å². The van der Waals surface area contributed by atoms with Crippen LogP contribution in [-0.4, -0.2) is 23.2 Å². The molecule has 0 bridgehead atoms. The van der Waals surface area contributed by atoms with E-state index in [1.807, 2.05) is 31.2 Å². The fraction of sp³-hybridized carbons (Fsp3) is 0.571. The summed E-state index contributed by atoms with van der Waals surface area (Å²) in [4.78, 5) is 0. The zero-order valence-corrected chi connectivity index (χ0v) is 12.2. The summed E-state index contributed by atoms with van der Waals surface area (Å²) >= 11 is 5.97. The van der Waals surface area contributed by atoms with Crippen LogP contribution in [0.1, 0.15) is 30.6 Å². The highest BCUT2D eigenvalue weighted by Gasteiger charge is 2.21. The van der Waals surface area contributed by atoms with Crippen LogP contribution in [0.2, 0.25) is 5.02 Å². The summed E-state index contributed by atoms with van der Waals surface area (Å²) in [5.74, 6) is 1.32. The second-order valence-electron chi connectivity index (χ2n) is 4.80. The molecule has 1 aliphatic heterocycles. The lowest BCUT2D eigenvalue weighted by molar-refractivity contribution is 0.0725. The first kappa shape index (κ1) is 14.0. The van der Waals surface area contributed by atoms with Gasteiger partial charge in [-0.2, -0.15) is 0 Å². The minimum atomic E-state index is -0.836. The molecule has 2 nitrogen and oxygen atoms in total. The molecular weight excluding hydrogens is 268 g/mol. The van der Waals surface area contributed by atoms with Crippen molar-refractivity contribution >= 4 is 22.4 Å². The lowest BCUT2D eigenvalue weighted by Crippen LogP contribution is -2.22. The van der Waals surface area contributed by atoms with Crippen molar-refractivity contribution in [2.24, 2.45) is 5.92 Å². The van der Waals surface area contributed by atoms with E-state index in [1.54, 1.807) is 0 Å². The summed E-state index contributed by atoms with van der Waals surface area (Å²) in [5.41, 5.74) is 1.06. The Kier molecular flexibility index (Phi) is 5.22. The van der Waals surface area contributed by atoms with Crippen molar-refractivity contribution in [3.05, 3.63) is 34.9 Å². The summed E-state index contributed by atoms with van der Waals surface area (Å²) < 4.78 is 17.7. The fourth-order valence-electron chi connectivity index (χ4n) is 2.20. The molecule has 18 heavy (non-hydrogen) atoms. The predicted molar refractivity (Wildman–Crippen MR) is 76.4 cm³/mol. The molecule has 1 aromatic carbocycles. The van der Waals surface area contributed by atoms with Gasteiger partial charge >= 0.3 is 0 Å². The van der Waals surface area contributed by atoms with E-state index in [2.05, 4.69) is 0 Å². The molecule has 0 spiro atoms. The standard InChI is InChI=1S/C14H19ClO2S/c1-11(13-3-2-4-14(15)9-13)18(16)10-12-5-7-17-8-6-12/h2-4,9,11-12H,5-8,10H2,1H3/t11-,18+/m0/s1. The van der Waals surface area contributed by atoms with Crippen LogP contribution in [0.25, 0.3) is 0 Å². The molecular formula is C14H19ClO2S. The van der Waals surface area contributed by atoms with Gasteiger partial charge in [-0.1, -0.05) is 23.7 Å². The molecule has 0 aromatic heterocycles. The molecule has 1 aromatic rings. The Morgan fingerprint density at radius 3 is 2.83 bits per heavy atom. The number of hydrogen-bond donors (Lipinski definition) is 0. The molecule has 2 atom stereocenters. The Morgan fingerprint density at radius 2 is 2.17 bits per heavy atom. The first-order valence-electron chi connectivity index (χ1n) is 6.37. The van der Waals surface area contributed by atoms with Crippen molar-refractivity contribution < 1.29 is 8.95 Å². The molecule has 0 aliphatic carbocycles. The third kappa shape index (κ3) is 3.81.